The molecule has 0 radical (unpaired) electrons. The SMILES string of the molecule is Cc1ccc(S(C)(=O)=O)cc1C(=O)N(C)Cc1ncc[nH]1. The maximum Gasteiger partial charge on any atom is 0.254 e. The number of hydrogen-bond acceptors (Lipinski definition) is 4. The Morgan fingerprint density at radius 1 is 1.38 bits per heavy atom. The third-order valence-corrected chi connectivity index (χ3v) is 4.27. The summed E-state index contributed by atoms with van der Waals surface area (Å²) in [6.07, 6.45) is 4.42. The number of sulfone groups is 1. The van der Waals surface area contributed by atoms with E-state index in [0.29, 0.717) is 17.9 Å². The van der Waals surface area contributed by atoms with Gasteiger partial charge in [0.05, 0.1) is 11.4 Å². The number of amides is 1. The zero-order chi connectivity index (χ0) is 15.6. The molecule has 0 saturated carbocycles. The maximum atomic E-state index is 12.5. The molecule has 0 aliphatic rings. The van der Waals surface area contributed by atoms with Gasteiger partial charge in [-0.2, -0.15) is 0 Å². The Kier molecular flexibility index (Phi) is 4.13. The molecule has 0 aliphatic carbocycles. The third kappa shape index (κ3) is 3.49. The van der Waals surface area contributed by atoms with Gasteiger partial charge in [0.25, 0.3) is 5.91 Å². The lowest BCUT2D eigenvalue weighted by Crippen LogP contribution is -2.27. The van der Waals surface area contributed by atoms with E-state index in [2.05, 4.69) is 9.97 Å². The van der Waals surface area contributed by atoms with Crippen molar-refractivity contribution in [2.45, 2.75) is 18.4 Å². The van der Waals surface area contributed by atoms with E-state index >= 15 is 0 Å². The van der Waals surface area contributed by atoms with E-state index in [4.69, 9.17) is 0 Å². The number of benzene rings is 1. The van der Waals surface area contributed by atoms with Crippen LogP contribution in [0.3, 0.4) is 0 Å². The average molecular weight is 307 g/mol. The van der Waals surface area contributed by atoms with Gasteiger partial charge >= 0.3 is 0 Å². The van der Waals surface area contributed by atoms with Gasteiger partial charge < -0.3 is 9.88 Å². The van der Waals surface area contributed by atoms with Crippen molar-refractivity contribution in [3.05, 3.63) is 47.5 Å². The Bertz CT molecular complexity index is 752. The van der Waals surface area contributed by atoms with Gasteiger partial charge in [0, 0.05) is 31.3 Å². The quantitative estimate of drug-likeness (QED) is 0.925. The number of nitrogens with one attached hydrogen (secondary N) is 1. The molecule has 0 aliphatic heterocycles. The normalized spacial score (nSPS) is 11.4. The number of imidazole rings is 1. The van der Waals surface area contributed by atoms with E-state index in [1.54, 1.807) is 32.4 Å². The summed E-state index contributed by atoms with van der Waals surface area (Å²) >= 11 is 0. The standard InChI is InChI=1S/C14H17N3O3S/c1-10-4-5-11(21(3,19)20)8-12(10)14(18)17(2)9-13-15-6-7-16-13/h4-8H,9H2,1-3H3,(H,15,16). The van der Waals surface area contributed by atoms with Crippen LogP contribution in [-0.2, 0) is 16.4 Å². The van der Waals surface area contributed by atoms with Gasteiger partial charge in [0.2, 0.25) is 0 Å². The van der Waals surface area contributed by atoms with Crippen molar-refractivity contribution in [3.63, 3.8) is 0 Å². The lowest BCUT2D eigenvalue weighted by Gasteiger charge is -2.17. The number of H-pyrrole nitrogens is 1. The van der Waals surface area contributed by atoms with Crippen LogP contribution in [0.4, 0.5) is 0 Å². The van der Waals surface area contributed by atoms with Crippen molar-refractivity contribution in [3.8, 4) is 0 Å². The van der Waals surface area contributed by atoms with Crippen molar-refractivity contribution in [1.29, 1.82) is 0 Å². The highest BCUT2D eigenvalue weighted by Gasteiger charge is 2.18. The molecule has 7 heteroatoms. The summed E-state index contributed by atoms with van der Waals surface area (Å²) in [5.74, 6) is 0.428. The number of rotatable bonds is 4. The van der Waals surface area contributed by atoms with Crippen LogP contribution in [0.25, 0.3) is 0 Å². The van der Waals surface area contributed by atoms with Crippen LogP contribution in [0, 0.1) is 6.92 Å². The fraction of sp³-hybridized carbons (Fsp3) is 0.286. The largest absolute Gasteiger partial charge is 0.347 e. The fourth-order valence-electron chi connectivity index (χ4n) is 1.95. The molecule has 0 fully saturated rings. The predicted molar refractivity (Wildman–Crippen MR) is 78.7 cm³/mol. The Hall–Kier alpha value is -2.15. The molecule has 1 heterocycles. The van der Waals surface area contributed by atoms with Crippen molar-refractivity contribution in [2.75, 3.05) is 13.3 Å². The Morgan fingerprint density at radius 2 is 2.10 bits per heavy atom. The highest BCUT2D eigenvalue weighted by atomic mass is 32.2. The van der Waals surface area contributed by atoms with Gasteiger partial charge in [-0.1, -0.05) is 6.07 Å². The highest BCUT2D eigenvalue weighted by molar-refractivity contribution is 7.90. The zero-order valence-corrected chi connectivity index (χ0v) is 12.9. The first-order valence-electron chi connectivity index (χ1n) is 6.33. The zero-order valence-electron chi connectivity index (χ0n) is 12.1. The second kappa shape index (κ2) is 5.69. The molecule has 1 aromatic heterocycles. The lowest BCUT2D eigenvalue weighted by atomic mass is 10.1. The molecule has 0 unspecified atom stereocenters. The second-order valence-electron chi connectivity index (χ2n) is 4.95. The van der Waals surface area contributed by atoms with E-state index < -0.39 is 9.84 Å². The topological polar surface area (TPSA) is 83.1 Å². The number of carbonyl (C=O) groups excluding carboxylic acids is 1. The molecule has 0 bridgehead atoms. The summed E-state index contributed by atoms with van der Waals surface area (Å²) in [6, 6.07) is 4.57. The van der Waals surface area contributed by atoms with Crippen LogP contribution in [0.1, 0.15) is 21.7 Å². The van der Waals surface area contributed by atoms with Crippen molar-refractivity contribution >= 4 is 15.7 Å². The van der Waals surface area contributed by atoms with E-state index in [0.717, 1.165) is 11.8 Å². The van der Waals surface area contributed by atoms with Crippen LogP contribution in [0.5, 0.6) is 0 Å². The number of aromatic nitrogens is 2. The summed E-state index contributed by atoms with van der Waals surface area (Å²) in [6.45, 7) is 2.11. The van der Waals surface area contributed by atoms with Crippen molar-refractivity contribution in [2.24, 2.45) is 0 Å². The van der Waals surface area contributed by atoms with Gasteiger partial charge in [-0.25, -0.2) is 13.4 Å². The number of carbonyl (C=O) groups is 1. The first-order chi connectivity index (χ1) is 9.79. The number of hydrogen-bond donors (Lipinski definition) is 1. The monoisotopic (exact) mass is 307 g/mol. The number of aromatic amines is 1. The first-order valence-corrected chi connectivity index (χ1v) is 8.22. The smallest absolute Gasteiger partial charge is 0.254 e. The molecule has 112 valence electrons. The van der Waals surface area contributed by atoms with Crippen molar-refractivity contribution in [1.82, 2.24) is 14.9 Å². The van der Waals surface area contributed by atoms with Crippen molar-refractivity contribution < 1.29 is 13.2 Å². The predicted octanol–water partition coefficient (Wildman–Crippen LogP) is 1.39. The molecular weight excluding hydrogens is 290 g/mol. The maximum absolute atomic E-state index is 12.5. The molecule has 0 atom stereocenters. The summed E-state index contributed by atoms with van der Waals surface area (Å²) in [7, 11) is -1.69. The van der Waals surface area contributed by atoms with Gasteiger partial charge in [-0.15, -0.1) is 0 Å². The minimum atomic E-state index is -3.34. The summed E-state index contributed by atoms with van der Waals surface area (Å²) in [4.78, 5) is 21.1. The molecular formula is C14H17N3O3S. The second-order valence-corrected chi connectivity index (χ2v) is 6.96. The molecule has 0 saturated heterocycles. The minimum Gasteiger partial charge on any atom is -0.347 e. The molecule has 2 aromatic rings. The summed E-state index contributed by atoms with van der Waals surface area (Å²) in [5, 5.41) is 0. The highest BCUT2D eigenvalue weighted by Crippen LogP contribution is 2.17. The fourth-order valence-corrected chi connectivity index (χ4v) is 2.60. The molecule has 2 rings (SSSR count). The number of nitrogens with zero attached hydrogens (tertiary/aromatic N) is 2. The van der Waals surface area contributed by atoms with Crippen LogP contribution in [0.15, 0.2) is 35.5 Å². The molecule has 6 nitrogen and oxygen atoms in total. The Balaban J connectivity index is 2.30. The molecule has 0 spiro atoms. The van der Waals surface area contributed by atoms with Crippen LogP contribution in [-0.4, -0.2) is 42.5 Å². The van der Waals surface area contributed by atoms with E-state index in [-0.39, 0.29) is 10.8 Å². The third-order valence-electron chi connectivity index (χ3n) is 3.16. The van der Waals surface area contributed by atoms with Crippen LogP contribution >= 0.6 is 0 Å². The average Bonchev–Trinajstić information content (AvgIpc) is 2.90. The first kappa shape index (κ1) is 15.2. The molecule has 1 amide bonds. The van der Waals surface area contributed by atoms with Gasteiger partial charge in [0.1, 0.15) is 5.82 Å². The number of aryl methyl sites for hydroxylation is 1. The van der Waals surface area contributed by atoms with Gasteiger partial charge in [0.15, 0.2) is 9.84 Å². The lowest BCUT2D eigenvalue weighted by molar-refractivity contribution is 0.0781. The molecule has 1 N–H and O–H groups in total. The van der Waals surface area contributed by atoms with Gasteiger partial charge in [-0.05, 0) is 24.6 Å². The van der Waals surface area contributed by atoms with Crippen LogP contribution in [0.2, 0.25) is 0 Å². The van der Waals surface area contributed by atoms with E-state index in [1.807, 2.05) is 0 Å². The Morgan fingerprint density at radius 3 is 2.67 bits per heavy atom. The van der Waals surface area contributed by atoms with E-state index in [9.17, 15) is 13.2 Å². The summed E-state index contributed by atoms with van der Waals surface area (Å²) < 4.78 is 23.2. The van der Waals surface area contributed by atoms with E-state index in [1.165, 1.54) is 17.0 Å². The molecule has 1 aromatic carbocycles. The van der Waals surface area contributed by atoms with Crippen LogP contribution < -0.4 is 0 Å². The Labute approximate surface area is 123 Å². The van der Waals surface area contributed by atoms with Gasteiger partial charge in [-0.3, -0.25) is 4.79 Å². The molecule has 21 heavy (non-hydrogen) atoms. The minimum absolute atomic E-state index is 0.142. The summed E-state index contributed by atoms with van der Waals surface area (Å²) in [5.41, 5.74) is 1.12.